The third-order valence-corrected chi connectivity index (χ3v) is 7.55. The van der Waals surface area contributed by atoms with E-state index in [0.29, 0.717) is 17.7 Å². The van der Waals surface area contributed by atoms with Gasteiger partial charge < -0.3 is 20.4 Å². The molecule has 0 saturated heterocycles. The van der Waals surface area contributed by atoms with Gasteiger partial charge in [0.15, 0.2) is 0 Å². The number of nitrogens with zero attached hydrogens (tertiary/aromatic N) is 2. The lowest BCUT2D eigenvalue weighted by molar-refractivity contribution is 0.0238. The molecule has 1 aromatic heterocycles. The number of benzene rings is 3. The average Bonchev–Trinajstić information content (AvgIpc) is 3.46. The number of allylic oxidation sites excluding steroid dienone is 1. The van der Waals surface area contributed by atoms with Gasteiger partial charge in [0, 0.05) is 46.9 Å². The lowest BCUT2D eigenvalue weighted by Crippen LogP contribution is -2.46. The third kappa shape index (κ3) is 7.21. The summed E-state index contributed by atoms with van der Waals surface area (Å²) < 4.78 is 36.6. The van der Waals surface area contributed by atoms with Crippen molar-refractivity contribution in [3.05, 3.63) is 122 Å². The predicted molar refractivity (Wildman–Crippen MR) is 159 cm³/mol. The second-order valence-corrected chi connectivity index (χ2v) is 11.1. The zero-order valence-corrected chi connectivity index (χ0v) is 23.9. The van der Waals surface area contributed by atoms with Crippen molar-refractivity contribution < 1.29 is 18.3 Å². The fourth-order valence-electron chi connectivity index (χ4n) is 4.86. The summed E-state index contributed by atoms with van der Waals surface area (Å²) in [4.78, 5) is 17.5. The Bertz CT molecular complexity index is 1500. The summed E-state index contributed by atoms with van der Waals surface area (Å²) in [5.41, 5.74) is 11.6. The zero-order valence-electron chi connectivity index (χ0n) is 21.7. The number of aryl methyl sites for hydroxylation is 1. The Kier molecular flexibility index (Phi) is 9.03. The molecule has 0 radical (unpaired) electrons. The molecule has 4 aromatic rings. The molecule has 2 unspecified atom stereocenters. The van der Waals surface area contributed by atoms with Crippen molar-refractivity contribution in [2.24, 2.45) is 5.73 Å². The summed E-state index contributed by atoms with van der Waals surface area (Å²) >= 11 is 2.25. The number of esters is 1. The molecule has 0 amide bonds. The second-order valence-electron chi connectivity index (χ2n) is 9.87. The first-order valence-corrected chi connectivity index (χ1v) is 14.1. The predicted octanol–water partition coefficient (Wildman–Crippen LogP) is 5.60. The number of hydrogen-bond donors (Lipinski definition) is 2. The minimum atomic E-state index is -0.741. The molecular weight excluding hydrogens is 625 g/mol. The number of nitrogens with one attached hydrogen (secondary N) is 1. The number of ether oxygens (including phenoxy) is 1. The van der Waals surface area contributed by atoms with Crippen LogP contribution in [0.1, 0.15) is 39.0 Å². The van der Waals surface area contributed by atoms with E-state index in [-0.39, 0.29) is 13.0 Å². The molecule has 9 heteroatoms. The van der Waals surface area contributed by atoms with Crippen LogP contribution in [0.15, 0.2) is 79.4 Å². The Morgan fingerprint density at radius 2 is 1.90 bits per heavy atom. The van der Waals surface area contributed by atoms with E-state index in [1.807, 2.05) is 41.1 Å². The molecule has 1 heterocycles. The smallest absolute Gasteiger partial charge is 0.338 e. The fraction of sp³-hybridized carbons (Fsp3) is 0.226. The molecule has 1 aliphatic carbocycles. The number of nitrogens with two attached hydrogens (primary N) is 1. The summed E-state index contributed by atoms with van der Waals surface area (Å²) in [5.74, 6) is -1.86. The van der Waals surface area contributed by atoms with Crippen LogP contribution in [-0.4, -0.2) is 34.2 Å². The average molecular weight is 654 g/mol. The standard InChI is InChI=1S/C31H29F2IN4O2/c32-25-10-21(11-26(33)16-25)13-29(35)30(18-37-17-20-2-1-3-27(34)12-20)40-31(39)23-5-4-22-6-7-28(15-24(22)14-23)38-9-8-36-19-38/h1-5,8-12,14-16,19,29-30,37H,6-7,13,17-18,35H2. The number of hydrogen-bond acceptors (Lipinski definition) is 5. The molecule has 0 spiro atoms. The first-order valence-electron chi connectivity index (χ1n) is 13.0. The second kappa shape index (κ2) is 12.8. The number of imidazole rings is 1. The van der Waals surface area contributed by atoms with Crippen LogP contribution in [0.4, 0.5) is 8.78 Å². The van der Waals surface area contributed by atoms with Gasteiger partial charge in [0.05, 0.1) is 11.9 Å². The summed E-state index contributed by atoms with van der Waals surface area (Å²) in [6, 6.07) is 16.2. The molecule has 5 rings (SSSR count). The molecule has 2 atom stereocenters. The van der Waals surface area contributed by atoms with E-state index in [9.17, 15) is 13.6 Å². The van der Waals surface area contributed by atoms with Crippen LogP contribution in [0.3, 0.4) is 0 Å². The Morgan fingerprint density at radius 1 is 1.07 bits per heavy atom. The number of aromatic nitrogens is 2. The van der Waals surface area contributed by atoms with Crippen LogP contribution in [0.2, 0.25) is 0 Å². The van der Waals surface area contributed by atoms with Gasteiger partial charge in [-0.25, -0.2) is 18.6 Å². The number of carbonyl (C=O) groups is 1. The molecule has 0 saturated carbocycles. The van der Waals surface area contributed by atoms with Crippen LogP contribution in [0.25, 0.3) is 11.8 Å². The van der Waals surface area contributed by atoms with E-state index >= 15 is 0 Å². The molecule has 6 nitrogen and oxygen atoms in total. The number of halogens is 3. The highest BCUT2D eigenvalue weighted by atomic mass is 127. The van der Waals surface area contributed by atoms with Crippen LogP contribution < -0.4 is 11.1 Å². The van der Waals surface area contributed by atoms with E-state index in [1.54, 1.807) is 18.6 Å². The fourth-order valence-corrected chi connectivity index (χ4v) is 5.46. The van der Waals surface area contributed by atoms with E-state index < -0.39 is 29.7 Å². The quantitative estimate of drug-likeness (QED) is 0.172. The van der Waals surface area contributed by atoms with Crippen LogP contribution in [0, 0.1) is 15.2 Å². The van der Waals surface area contributed by atoms with Gasteiger partial charge in [0.1, 0.15) is 17.7 Å². The highest BCUT2D eigenvalue weighted by Gasteiger charge is 2.24. The van der Waals surface area contributed by atoms with E-state index in [2.05, 4.69) is 45.0 Å². The molecule has 1 aliphatic rings. The van der Waals surface area contributed by atoms with Gasteiger partial charge in [0.25, 0.3) is 0 Å². The molecule has 0 bridgehead atoms. The maximum Gasteiger partial charge on any atom is 0.338 e. The minimum Gasteiger partial charge on any atom is -0.456 e. The lowest BCUT2D eigenvalue weighted by atomic mass is 9.93. The van der Waals surface area contributed by atoms with E-state index in [0.717, 1.165) is 44.9 Å². The summed E-state index contributed by atoms with van der Waals surface area (Å²) in [7, 11) is 0. The minimum absolute atomic E-state index is 0.138. The van der Waals surface area contributed by atoms with Crippen molar-refractivity contribution in [2.75, 3.05) is 6.54 Å². The molecule has 3 N–H and O–H groups in total. The molecule has 40 heavy (non-hydrogen) atoms. The monoisotopic (exact) mass is 654 g/mol. The van der Waals surface area contributed by atoms with Crippen molar-refractivity contribution in [3.8, 4) is 0 Å². The normalized spacial score (nSPS) is 14.2. The number of carbonyl (C=O) groups excluding carboxylic acids is 1. The first-order chi connectivity index (χ1) is 19.3. The Labute approximate surface area is 245 Å². The highest BCUT2D eigenvalue weighted by molar-refractivity contribution is 14.1. The van der Waals surface area contributed by atoms with Gasteiger partial charge in [-0.15, -0.1) is 0 Å². The summed E-state index contributed by atoms with van der Waals surface area (Å²) in [5, 5.41) is 3.32. The first kappa shape index (κ1) is 28.1. The van der Waals surface area contributed by atoms with E-state index in [1.165, 1.54) is 12.1 Å². The number of rotatable bonds is 10. The van der Waals surface area contributed by atoms with Crippen LogP contribution in [-0.2, 0) is 24.1 Å². The van der Waals surface area contributed by atoms with Gasteiger partial charge in [-0.05, 0) is 107 Å². The lowest BCUT2D eigenvalue weighted by Gasteiger charge is -2.25. The van der Waals surface area contributed by atoms with Crippen molar-refractivity contribution in [1.82, 2.24) is 14.9 Å². The molecule has 3 aromatic carbocycles. The topological polar surface area (TPSA) is 82.2 Å². The summed E-state index contributed by atoms with van der Waals surface area (Å²) in [6.07, 6.45) is 8.57. The Morgan fingerprint density at radius 3 is 2.65 bits per heavy atom. The van der Waals surface area contributed by atoms with E-state index in [4.69, 9.17) is 10.5 Å². The van der Waals surface area contributed by atoms with Crippen LogP contribution in [0.5, 0.6) is 0 Å². The van der Waals surface area contributed by atoms with Gasteiger partial charge in [0.2, 0.25) is 0 Å². The molecule has 0 aliphatic heterocycles. The Balaban J connectivity index is 1.32. The maximum absolute atomic E-state index is 13.8. The summed E-state index contributed by atoms with van der Waals surface area (Å²) in [6.45, 7) is 0.818. The number of fused-ring (bicyclic) bond motifs is 1. The zero-order chi connectivity index (χ0) is 28.1. The van der Waals surface area contributed by atoms with Gasteiger partial charge >= 0.3 is 5.97 Å². The molecule has 0 fully saturated rings. The maximum atomic E-state index is 13.8. The van der Waals surface area contributed by atoms with Crippen LogP contribution >= 0.6 is 22.6 Å². The van der Waals surface area contributed by atoms with Crippen molar-refractivity contribution in [2.45, 2.75) is 38.0 Å². The molecular formula is C31H29F2IN4O2. The van der Waals surface area contributed by atoms with Crippen molar-refractivity contribution in [3.63, 3.8) is 0 Å². The Hall–Kier alpha value is -3.41. The highest BCUT2D eigenvalue weighted by Crippen LogP contribution is 2.28. The van der Waals surface area contributed by atoms with Gasteiger partial charge in [-0.3, -0.25) is 0 Å². The largest absolute Gasteiger partial charge is 0.456 e. The van der Waals surface area contributed by atoms with Crippen molar-refractivity contribution in [1.29, 1.82) is 0 Å². The SMILES string of the molecule is NC(Cc1cc(F)cc(F)c1)C(CNCc1cccc(I)c1)OC(=O)c1ccc2c(c1)C=C(n1ccnc1)CC2. The van der Waals surface area contributed by atoms with Gasteiger partial charge in [-0.1, -0.05) is 18.2 Å². The van der Waals surface area contributed by atoms with Crippen molar-refractivity contribution >= 4 is 40.3 Å². The van der Waals surface area contributed by atoms with Gasteiger partial charge in [-0.2, -0.15) is 0 Å². The molecule has 206 valence electrons. The third-order valence-electron chi connectivity index (χ3n) is 6.88.